The standard InChI is InChI=1S/C7H6ClN/c8-7(6-9)4-2-1-3-5-7/h1-4H,5H2. The Morgan fingerprint density at radius 1 is 1.56 bits per heavy atom. The normalized spacial score (nSPS) is 32.0. The molecule has 0 aromatic carbocycles. The third-order valence-electron chi connectivity index (χ3n) is 1.21. The molecule has 0 radical (unpaired) electrons. The Hall–Kier alpha value is -0.740. The minimum atomic E-state index is -0.769. The number of hydrogen-bond donors (Lipinski definition) is 0. The molecule has 1 rings (SSSR count). The van der Waals surface area contributed by atoms with Crippen LogP contribution in [0, 0.1) is 11.3 Å². The van der Waals surface area contributed by atoms with Gasteiger partial charge in [-0.1, -0.05) is 29.8 Å². The maximum absolute atomic E-state index is 8.48. The van der Waals surface area contributed by atoms with E-state index in [0.717, 1.165) is 0 Å². The van der Waals surface area contributed by atoms with Crippen molar-refractivity contribution in [3.8, 4) is 6.07 Å². The van der Waals surface area contributed by atoms with E-state index >= 15 is 0 Å². The molecule has 0 saturated heterocycles. The van der Waals surface area contributed by atoms with E-state index in [1.165, 1.54) is 0 Å². The number of halogens is 1. The second kappa shape index (κ2) is 2.24. The predicted molar refractivity (Wildman–Crippen MR) is 37.1 cm³/mol. The molecule has 0 aliphatic heterocycles. The van der Waals surface area contributed by atoms with E-state index < -0.39 is 4.87 Å². The van der Waals surface area contributed by atoms with Gasteiger partial charge >= 0.3 is 0 Å². The number of nitriles is 1. The zero-order valence-corrected chi connectivity index (χ0v) is 5.60. The van der Waals surface area contributed by atoms with Gasteiger partial charge in [-0.3, -0.25) is 0 Å². The maximum atomic E-state index is 8.48. The van der Waals surface area contributed by atoms with Crippen molar-refractivity contribution in [3.63, 3.8) is 0 Å². The van der Waals surface area contributed by atoms with E-state index in [9.17, 15) is 0 Å². The Bertz CT molecular complexity index is 199. The molecule has 0 fully saturated rings. The minimum Gasteiger partial charge on any atom is -0.196 e. The molecule has 1 atom stereocenters. The molecule has 0 aromatic rings. The lowest BCUT2D eigenvalue weighted by molar-refractivity contribution is 0.881. The molecule has 1 aliphatic carbocycles. The quantitative estimate of drug-likeness (QED) is 0.471. The number of alkyl halides is 1. The van der Waals surface area contributed by atoms with Gasteiger partial charge in [0.05, 0.1) is 6.07 Å². The van der Waals surface area contributed by atoms with Crippen molar-refractivity contribution in [3.05, 3.63) is 24.3 Å². The Morgan fingerprint density at radius 2 is 2.33 bits per heavy atom. The van der Waals surface area contributed by atoms with Crippen LogP contribution in [0.3, 0.4) is 0 Å². The van der Waals surface area contributed by atoms with E-state index in [2.05, 4.69) is 0 Å². The summed E-state index contributed by atoms with van der Waals surface area (Å²) in [5.41, 5.74) is 0. The maximum Gasteiger partial charge on any atom is 0.152 e. The highest BCUT2D eigenvalue weighted by Gasteiger charge is 2.22. The monoisotopic (exact) mass is 139 g/mol. The molecule has 0 aromatic heterocycles. The summed E-state index contributed by atoms with van der Waals surface area (Å²) >= 11 is 5.76. The summed E-state index contributed by atoms with van der Waals surface area (Å²) in [5, 5.41) is 8.48. The molecule has 0 saturated carbocycles. The Kier molecular flexibility index (Phi) is 1.59. The average Bonchev–Trinajstić information content (AvgIpc) is 1.90. The van der Waals surface area contributed by atoms with Crippen molar-refractivity contribution in [2.75, 3.05) is 0 Å². The lowest BCUT2D eigenvalue weighted by Crippen LogP contribution is -2.14. The summed E-state index contributed by atoms with van der Waals surface area (Å²) < 4.78 is 0. The van der Waals surface area contributed by atoms with Crippen molar-refractivity contribution in [1.82, 2.24) is 0 Å². The molecule has 46 valence electrons. The van der Waals surface area contributed by atoms with E-state index in [0.29, 0.717) is 6.42 Å². The largest absolute Gasteiger partial charge is 0.196 e. The fourth-order valence-corrected chi connectivity index (χ4v) is 0.839. The molecule has 0 N–H and O–H groups in total. The summed E-state index contributed by atoms with van der Waals surface area (Å²) in [7, 11) is 0. The number of allylic oxidation sites excluding steroid dienone is 4. The molecule has 2 heteroatoms. The van der Waals surface area contributed by atoms with Gasteiger partial charge in [0.1, 0.15) is 0 Å². The number of nitrogens with zero attached hydrogens (tertiary/aromatic N) is 1. The number of rotatable bonds is 0. The molecular weight excluding hydrogens is 134 g/mol. The van der Waals surface area contributed by atoms with Crippen molar-refractivity contribution >= 4 is 11.6 Å². The van der Waals surface area contributed by atoms with Crippen molar-refractivity contribution in [2.45, 2.75) is 11.3 Å². The van der Waals surface area contributed by atoms with Crippen molar-refractivity contribution in [2.24, 2.45) is 0 Å². The van der Waals surface area contributed by atoms with Crippen LogP contribution in [0.1, 0.15) is 6.42 Å². The SMILES string of the molecule is N#CC1(Cl)C=CC=CC1. The van der Waals surface area contributed by atoms with Gasteiger partial charge in [-0.25, -0.2) is 0 Å². The van der Waals surface area contributed by atoms with Crippen molar-refractivity contribution in [1.29, 1.82) is 5.26 Å². The van der Waals surface area contributed by atoms with Gasteiger partial charge in [0.15, 0.2) is 4.87 Å². The van der Waals surface area contributed by atoms with E-state index in [4.69, 9.17) is 16.9 Å². The fraction of sp³-hybridized carbons (Fsp3) is 0.286. The van der Waals surface area contributed by atoms with E-state index in [1.807, 2.05) is 18.2 Å². The second-order valence-corrected chi connectivity index (χ2v) is 2.64. The first-order chi connectivity index (χ1) is 4.27. The van der Waals surface area contributed by atoms with Gasteiger partial charge in [-0.2, -0.15) is 5.26 Å². The van der Waals surface area contributed by atoms with Gasteiger partial charge in [-0.15, -0.1) is 0 Å². The van der Waals surface area contributed by atoms with Crippen LogP contribution in [0.4, 0.5) is 0 Å². The molecule has 0 bridgehead atoms. The molecule has 1 nitrogen and oxygen atoms in total. The van der Waals surface area contributed by atoms with E-state index in [-0.39, 0.29) is 0 Å². The van der Waals surface area contributed by atoms with Gasteiger partial charge in [0.2, 0.25) is 0 Å². The topological polar surface area (TPSA) is 23.8 Å². The molecule has 0 heterocycles. The van der Waals surface area contributed by atoms with Crippen LogP contribution in [-0.2, 0) is 0 Å². The minimum absolute atomic E-state index is 0.613. The number of hydrogen-bond acceptors (Lipinski definition) is 1. The highest BCUT2D eigenvalue weighted by atomic mass is 35.5. The first-order valence-electron chi connectivity index (χ1n) is 2.71. The van der Waals surface area contributed by atoms with Gasteiger partial charge in [-0.05, 0) is 6.08 Å². The Morgan fingerprint density at radius 3 is 2.67 bits per heavy atom. The van der Waals surface area contributed by atoms with Crippen LogP contribution < -0.4 is 0 Å². The highest BCUT2D eigenvalue weighted by Crippen LogP contribution is 2.23. The van der Waals surface area contributed by atoms with Gasteiger partial charge in [0, 0.05) is 6.42 Å². The third-order valence-corrected chi connectivity index (χ3v) is 1.57. The van der Waals surface area contributed by atoms with Crippen LogP contribution in [0.5, 0.6) is 0 Å². The lowest BCUT2D eigenvalue weighted by atomic mass is 10.0. The molecular formula is C7H6ClN. The second-order valence-electron chi connectivity index (χ2n) is 1.97. The smallest absolute Gasteiger partial charge is 0.152 e. The fourth-order valence-electron chi connectivity index (χ4n) is 0.677. The Balaban J connectivity index is 2.77. The van der Waals surface area contributed by atoms with Crippen LogP contribution in [0.15, 0.2) is 24.3 Å². The summed E-state index contributed by atoms with van der Waals surface area (Å²) in [6, 6.07) is 2.01. The van der Waals surface area contributed by atoms with E-state index in [1.54, 1.807) is 12.2 Å². The molecule has 1 aliphatic rings. The third kappa shape index (κ3) is 1.34. The van der Waals surface area contributed by atoms with Crippen LogP contribution in [0.2, 0.25) is 0 Å². The predicted octanol–water partition coefficient (Wildman–Crippen LogP) is 2.00. The summed E-state index contributed by atoms with van der Waals surface area (Å²) in [6.07, 6.45) is 7.88. The van der Waals surface area contributed by atoms with Crippen LogP contribution >= 0.6 is 11.6 Å². The zero-order valence-electron chi connectivity index (χ0n) is 4.84. The van der Waals surface area contributed by atoms with Crippen LogP contribution in [-0.4, -0.2) is 4.87 Å². The first kappa shape index (κ1) is 6.38. The summed E-state index contributed by atoms with van der Waals surface area (Å²) in [4.78, 5) is -0.769. The first-order valence-corrected chi connectivity index (χ1v) is 3.09. The van der Waals surface area contributed by atoms with Crippen LogP contribution in [0.25, 0.3) is 0 Å². The summed E-state index contributed by atoms with van der Waals surface area (Å²) in [6.45, 7) is 0. The molecule has 0 amide bonds. The molecule has 9 heavy (non-hydrogen) atoms. The molecule has 0 spiro atoms. The average molecular weight is 140 g/mol. The van der Waals surface area contributed by atoms with Crippen molar-refractivity contribution < 1.29 is 0 Å². The lowest BCUT2D eigenvalue weighted by Gasteiger charge is -2.12. The highest BCUT2D eigenvalue weighted by molar-refractivity contribution is 6.27. The zero-order chi connectivity index (χ0) is 6.74. The van der Waals surface area contributed by atoms with Gasteiger partial charge < -0.3 is 0 Å². The molecule has 1 unspecified atom stereocenters. The van der Waals surface area contributed by atoms with Gasteiger partial charge in [0.25, 0.3) is 0 Å². The Labute approximate surface area is 59.2 Å². The summed E-state index contributed by atoms with van der Waals surface area (Å²) in [5.74, 6) is 0.